The lowest BCUT2D eigenvalue weighted by Crippen LogP contribution is -2.36. The highest BCUT2D eigenvalue weighted by Crippen LogP contribution is 2.24. The molecule has 0 bridgehead atoms. The van der Waals surface area contributed by atoms with Crippen LogP contribution in [0.1, 0.15) is 41.3 Å². The fourth-order valence-electron chi connectivity index (χ4n) is 3.55. The van der Waals surface area contributed by atoms with E-state index in [0.29, 0.717) is 31.0 Å². The molecular formula is C22H26ClN3O3S. The average Bonchev–Trinajstić information content (AvgIpc) is 2.71. The topological polar surface area (TPSA) is 79.4 Å². The average molecular weight is 448 g/mol. The van der Waals surface area contributed by atoms with Crippen LogP contribution >= 0.6 is 11.6 Å². The number of benzene rings is 1. The molecule has 0 aliphatic carbocycles. The number of sulfonamides is 1. The standard InChI is InChI=1S/C22H26ClN3O3S/c1-3-11-30(28,29)25-14-21-16(2)24-13-18-15-26(10-9-20(18)21)22(27)8-7-17-5-4-6-19(23)12-17/h4-8,12-13,25H,3,9-11,14-15H2,1-2H3/b8-7+. The summed E-state index contributed by atoms with van der Waals surface area (Å²) in [6, 6.07) is 7.32. The summed E-state index contributed by atoms with van der Waals surface area (Å²) in [7, 11) is -3.29. The van der Waals surface area contributed by atoms with E-state index < -0.39 is 10.0 Å². The molecule has 30 heavy (non-hydrogen) atoms. The fourth-order valence-corrected chi connectivity index (χ4v) is 4.80. The van der Waals surface area contributed by atoms with Crippen molar-refractivity contribution in [2.24, 2.45) is 0 Å². The Balaban J connectivity index is 1.72. The number of rotatable bonds is 7. The van der Waals surface area contributed by atoms with Gasteiger partial charge in [0.1, 0.15) is 0 Å². The van der Waals surface area contributed by atoms with Crippen molar-refractivity contribution in [1.29, 1.82) is 0 Å². The molecule has 0 unspecified atom stereocenters. The molecule has 0 spiro atoms. The van der Waals surface area contributed by atoms with E-state index >= 15 is 0 Å². The minimum absolute atomic E-state index is 0.0774. The number of hydrogen-bond acceptors (Lipinski definition) is 4. The van der Waals surface area contributed by atoms with Gasteiger partial charge in [0, 0.05) is 42.6 Å². The van der Waals surface area contributed by atoms with Gasteiger partial charge in [-0.3, -0.25) is 9.78 Å². The maximum atomic E-state index is 12.6. The molecule has 1 aromatic carbocycles. The Bertz CT molecular complexity index is 1070. The quantitative estimate of drug-likeness (QED) is 0.659. The largest absolute Gasteiger partial charge is 0.334 e. The summed E-state index contributed by atoms with van der Waals surface area (Å²) in [6.45, 7) is 4.98. The van der Waals surface area contributed by atoms with Crippen molar-refractivity contribution in [2.45, 2.75) is 39.8 Å². The molecule has 6 nitrogen and oxygen atoms in total. The molecule has 0 atom stereocenters. The number of pyridine rings is 1. The summed E-state index contributed by atoms with van der Waals surface area (Å²) >= 11 is 5.98. The van der Waals surface area contributed by atoms with Crippen LogP contribution in [0.25, 0.3) is 6.08 Å². The van der Waals surface area contributed by atoms with Crippen molar-refractivity contribution in [2.75, 3.05) is 12.3 Å². The summed E-state index contributed by atoms with van der Waals surface area (Å²) < 4.78 is 26.7. The van der Waals surface area contributed by atoms with E-state index in [4.69, 9.17) is 11.6 Å². The predicted molar refractivity (Wildman–Crippen MR) is 119 cm³/mol. The fraction of sp³-hybridized carbons (Fsp3) is 0.364. The molecule has 0 saturated carbocycles. The van der Waals surface area contributed by atoms with E-state index in [9.17, 15) is 13.2 Å². The molecular weight excluding hydrogens is 422 g/mol. The molecule has 1 aliphatic rings. The number of aryl methyl sites for hydroxylation is 1. The van der Waals surface area contributed by atoms with Gasteiger partial charge in [0.25, 0.3) is 0 Å². The molecule has 160 valence electrons. The first-order valence-corrected chi connectivity index (χ1v) is 12.0. The lowest BCUT2D eigenvalue weighted by molar-refractivity contribution is -0.126. The lowest BCUT2D eigenvalue weighted by atomic mass is 9.95. The number of fused-ring (bicyclic) bond motifs is 1. The molecule has 0 saturated heterocycles. The highest BCUT2D eigenvalue weighted by atomic mass is 35.5. The van der Waals surface area contributed by atoms with Crippen LogP contribution in [0.15, 0.2) is 36.5 Å². The van der Waals surface area contributed by atoms with Gasteiger partial charge in [-0.1, -0.05) is 30.7 Å². The maximum Gasteiger partial charge on any atom is 0.246 e. The van der Waals surface area contributed by atoms with Crippen LogP contribution in [0.3, 0.4) is 0 Å². The summed E-state index contributed by atoms with van der Waals surface area (Å²) in [5.74, 6) is 0.0295. The Morgan fingerprint density at radius 3 is 2.90 bits per heavy atom. The Hall–Kier alpha value is -2.22. The summed E-state index contributed by atoms with van der Waals surface area (Å²) in [6.07, 6.45) is 6.33. The number of carbonyl (C=O) groups excluding carboxylic acids is 1. The Labute approximate surface area is 183 Å². The van der Waals surface area contributed by atoms with Crippen LogP contribution in [0, 0.1) is 6.92 Å². The van der Waals surface area contributed by atoms with Gasteiger partial charge >= 0.3 is 0 Å². The van der Waals surface area contributed by atoms with Crippen molar-refractivity contribution in [3.63, 3.8) is 0 Å². The van der Waals surface area contributed by atoms with Crippen molar-refractivity contribution >= 4 is 33.6 Å². The van der Waals surface area contributed by atoms with E-state index in [-0.39, 0.29) is 18.2 Å². The van der Waals surface area contributed by atoms with Crippen molar-refractivity contribution in [3.05, 3.63) is 69.5 Å². The predicted octanol–water partition coefficient (Wildman–Crippen LogP) is 3.47. The van der Waals surface area contributed by atoms with Gasteiger partial charge in [-0.05, 0) is 60.2 Å². The van der Waals surface area contributed by atoms with Gasteiger partial charge in [0.2, 0.25) is 15.9 Å². The van der Waals surface area contributed by atoms with Gasteiger partial charge in [-0.2, -0.15) is 0 Å². The number of nitrogens with one attached hydrogen (secondary N) is 1. The number of halogens is 1. The minimum Gasteiger partial charge on any atom is -0.334 e. The van der Waals surface area contributed by atoms with Crippen LogP contribution in [0.2, 0.25) is 5.02 Å². The van der Waals surface area contributed by atoms with Crippen LogP contribution in [-0.2, 0) is 34.3 Å². The molecule has 2 heterocycles. The first-order chi connectivity index (χ1) is 14.3. The number of aromatic nitrogens is 1. The molecule has 3 rings (SSSR count). The van der Waals surface area contributed by atoms with Crippen LogP contribution in [0.5, 0.6) is 0 Å². The third kappa shape index (κ3) is 5.68. The zero-order valence-electron chi connectivity index (χ0n) is 17.2. The number of hydrogen-bond donors (Lipinski definition) is 1. The maximum absolute atomic E-state index is 12.6. The van der Waals surface area contributed by atoms with Gasteiger partial charge < -0.3 is 4.90 Å². The molecule has 0 fully saturated rings. The third-order valence-electron chi connectivity index (χ3n) is 5.12. The SMILES string of the molecule is CCCS(=O)(=O)NCc1c(C)ncc2c1CCN(C(=O)/C=C/c1cccc(Cl)c1)C2. The van der Waals surface area contributed by atoms with Crippen molar-refractivity contribution < 1.29 is 13.2 Å². The Morgan fingerprint density at radius 1 is 1.37 bits per heavy atom. The van der Waals surface area contributed by atoms with Crippen LogP contribution in [0.4, 0.5) is 0 Å². The molecule has 1 amide bonds. The second-order valence-corrected chi connectivity index (χ2v) is 9.73. The monoisotopic (exact) mass is 447 g/mol. The van der Waals surface area contributed by atoms with Gasteiger partial charge in [0.15, 0.2) is 0 Å². The minimum atomic E-state index is -3.29. The van der Waals surface area contributed by atoms with Crippen LogP contribution < -0.4 is 4.72 Å². The van der Waals surface area contributed by atoms with E-state index in [1.807, 2.05) is 26.0 Å². The number of nitrogens with zero attached hydrogens (tertiary/aromatic N) is 2. The van der Waals surface area contributed by atoms with Crippen LogP contribution in [-0.4, -0.2) is 36.5 Å². The highest BCUT2D eigenvalue weighted by Gasteiger charge is 2.23. The molecule has 1 aromatic heterocycles. The van der Waals surface area contributed by atoms with Crippen molar-refractivity contribution in [3.8, 4) is 0 Å². The zero-order chi connectivity index (χ0) is 21.7. The second-order valence-electron chi connectivity index (χ2n) is 7.36. The Kier molecular flexibility index (Phi) is 7.28. The highest BCUT2D eigenvalue weighted by molar-refractivity contribution is 7.89. The molecule has 1 N–H and O–H groups in total. The molecule has 1 aliphatic heterocycles. The van der Waals surface area contributed by atoms with Gasteiger partial charge in [-0.25, -0.2) is 13.1 Å². The van der Waals surface area contributed by atoms with E-state index in [0.717, 1.165) is 27.9 Å². The normalized spacial score (nSPS) is 14.2. The lowest BCUT2D eigenvalue weighted by Gasteiger charge is -2.30. The first-order valence-electron chi connectivity index (χ1n) is 9.95. The summed E-state index contributed by atoms with van der Waals surface area (Å²) in [4.78, 5) is 18.8. The van der Waals surface area contributed by atoms with E-state index in [2.05, 4.69) is 9.71 Å². The molecule has 0 radical (unpaired) electrons. The smallest absolute Gasteiger partial charge is 0.246 e. The molecule has 8 heteroatoms. The second kappa shape index (κ2) is 9.73. The van der Waals surface area contributed by atoms with E-state index in [1.165, 1.54) is 0 Å². The summed E-state index contributed by atoms with van der Waals surface area (Å²) in [5.41, 5.74) is 4.64. The number of amides is 1. The first kappa shape index (κ1) is 22.5. The number of carbonyl (C=O) groups is 1. The van der Waals surface area contributed by atoms with Crippen molar-refractivity contribution in [1.82, 2.24) is 14.6 Å². The summed E-state index contributed by atoms with van der Waals surface area (Å²) in [5, 5.41) is 0.625. The van der Waals surface area contributed by atoms with Gasteiger partial charge in [0.05, 0.1) is 5.75 Å². The van der Waals surface area contributed by atoms with E-state index in [1.54, 1.807) is 35.4 Å². The zero-order valence-corrected chi connectivity index (χ0v) is 18.8. The molecule has 2 aromatic rings. The van der Waals surface area contributed by atoms with Gasteiger partial charge in [-0.15, -0.1) is 0 Å². The third-order valence-corrected chi connectivity index (χ3v) is 6.88. The Morgan fingerprint density at radius 2 is 2.17 bits per heavy atom.